The summed E-state index contributed by atoms with van der Waals surface area (Å²) >= 11 is 0. The van der Waals surface area contributed by atoms with Gasteiger partial charge in [-0.2, -0.15) is 0 Å². The lowest BCUT2D eigenvalue weighted by Gasteiger charge is -2.23. The molecule has 2 aliphatic rings. The number of anilines is 1. The third kappa shape index (κ3) is 3.22. The second-order valence-corrected chi connectivity index (χ2v) is 9.56. The smallest absolute Gasteiger partial charge is 0.240 e. The number of rotatable bonds is 3. The number of sulfone groups is 1. The number of hydrogen-bond donors (Lipinski definition) is 2. The molecule has 2 aliphatic heterocycles. The van der Waals surface area contributed by atoms with Crippen molar-refractivity contribution >= 4 is 25.5 Å². The van der Waals surface area contributed by atoms with Crippen molar-refractivity contribution in [2.24, 2.45) is 0 Å². The topological polar surface area (TPSA) is 92.3 Å². The number of hydrogen-bond acceptors (Lipinski definition) is 5. The minimum absolute atomic E-state index is 0.0499. The molecule has 1 saturated heterocycles. The van der Waals surface area contributed by atoms with Gasteiger partial charge in [0.1, 0.15) is 9.84 Å². The van der Waals surface area contributed by atoms with Crippen LogP contribution in [0.4, 0.5) is 5.69 Å². The number of benzene rings is 1. The zero-order valence-electron chi connectivity index (χ0n) is 11.5. The molecule has 3 rings (SSSR count). The third-order valence-electron chi connectivity index (χ3n) is 3.97. The quantitative estimate of drug-likeness (QED) is 0.842. The van der Waals surface area contributed by atoms with E-state index in [1.54, 1.807) is 18.2 Å². The molecular formula is C13H18N2O4S2. The van der Waals surface area contributed by atoms with Gasteiger partial charge in [0.05, 0.1) is 16.4 Å². The molecule has 8 heteroatoms. The molecule has 0 atom stereocenters. The second kappa shape index (κ2) is 5.26. The average Bonchev–Trinajstić information content (AvgIpc) is 2.88. The minimum atomic E-state index is -3.59. The summed E-state index contributed by atoms with van der Waals surface area (Å²) in [6.45, 7) is 0.826. The predicted molar refractivity (Wildman–Crippen MR) is 80.6 cm³/mol. The number of fused-ring (bicyclic) bond motifs is 1. The second-order valence-electron chi connectivity index (χ2n) is 5.54. The van der Waals surface area contributed by atoms with Gasteiger partial charge >= 0.3 is 0 Å². The lowest BCUT2D eigenvalue weighted by molar-refractivity contribution is 0.505. The summed E-state index contributed by atoms with van der Waals surface area (Å²) in [6.07, 6.45) is 1.50. The molecule has 0 amide bonds. The van der Waals surface area contributed by atoms with Crippen LogP contribution in [-0.4, -0.2) is 40.9 Å². The Balaban J connectivity index is 1.75. The Morgan fingerprint density at radius 1 is 1.19 bits per heavy atom. The van der Waals surface area contributed by atoms with Crippen LogP contribution in [0.3, 0.4) is 0 Å². The Labute approximate surface area is 124 Å². The van der Waals surface area contributed by atoms with Crippen LogP contribution in [0.15, 0.2) is 23.1 Å². The van der Waals surface area contributed by atoms with Crippen LogP contribution in [0, 0.1) is 0 Å². The molecule has 0 saturated carbocycles. The summed E-state index contributed by atoms with van der Waals surface area (Å²) in [5, 5.41) is 3.19. The van der Waals surface area contributed by atoms with Crippen molar-refractivity contribution in [1.82, 2.24) is 4.72 Å². The van der Waals surface area contributed by atoms with Gasteiger partial charge in [-0.15, -0.1) is 0 Å². The van der Waals surface area contributed by atoms with E-state index < -0.39 is 19.9 Å². The highest BCUT2D eigenvalue weighted by Gasteiger charge is 2.28. The van der Waals surface area contributed by atoms with Gasteiger partial charge in [0.25, 0.3) is 0 Å². The monoisotopic (exact) mass is 330 g/mol. The Kier molecular flexibility index (Phi) is 3.71. The molecule has 0 spiro atoms. The molecule has 0 radical (unpaired) electrons. The summed E-state index contributed by atoms with van der Waals surface area (Å²) in [5.41, 5.74) is 1.99. The minimum Gasteiger partial charge on any atom is -0.384 e. The molecule has 21 heavy (non-hydrogen) atoms. The first kappa shape index (κ1) is 14.8. The van der Waals surface area contributed by atoms with Crippen LogP contribution < -0.4 is 10.0 Å². The van der Waals surface area contributed by atoms with Gasteiger partial charge in [-0.25, -0.2) is 21.6 Å². The van der Waals surface area contributed by atoms with Crippen molar-refractivity contribution in [2.75, 3.05) is 23.4 Å². The van der Waals surface area contributed by atoms with E-state index in [-0.39, 0.29) is 22.4 Å². The Bertz CT molecular complexity index is 742. The molecule has 2 heterocycles. The predicted octanol–water partition coefficient (Wildman–Crippen LogP) is 0.510. The van der Waals surface area contributed by atoms with E-state index in [4.69, 9.17) is 0 Å². The van der Waals surface area contributed by atoms with E-state index >= 15 is 0 Å². The van der Waals surface area contributed by atoms with E-state index in [1.165, 1.54) is 0 Å². The van der Waals surface area contributed by atoms with Crippen LogP contribution in [0.1, 0.15) is 18.4 Å². The average molecular weight is 330 g/mol. The number of sulfonamides is 1. The molecule has 2 N–H and O–H groups in total. The van der Waals surface area contributed by atoms with Gasteiger partial charge in [-0.1, -0.05) is 0 Å². The Morgan fingerprint density at radius 2 is 1.90 bits per heavy atom. The first-order valence-corrected chi connectivity index (χ1v) is 10.3. The summed E-state index contributed by atoms with van der Waals surface area (Å²) in [5.74, 6) is 0.0998. The first-order valence-electron chi connectivity index (χ1n) is 6.95. The molecule has 0 aromatic heterocycles. The van der Waals surface area contributed by atoms with Gasteiger partial charge in [-0.05, 0) is 43.0 Å². The van der Waals surface area contributed by atoms with E-state index in [2.05, 4.69) is 10.0 Å². The van der Waals surface area contributed by atoms with Crippen molar-refractivity contribution < 1.29 is 16.8 Å². The number of nitrogens with one attached hydrogen (secondary N) is 2. The largest absolute Gasteiger partial charge is 0.384 e. The molecule has 0 aliphatic carbocycles. The molecule has 6 nitrogen and oxygen atoms in total. The summed E-state index contributed by atoms with van der Waals surface area (Å²) in [6, 6.07) is 4.75. The zero-order valence-corrected chi connectivity index (χ0v) is 13.1. The van der Waals surface area contributed by atoms with E-state index in [0.29, 0.717) is 12.8 Å². The summed E-state index contributed by atoms with van der Waals surface area (Å²) in [4.78, 5) is 0.249. The van der Waals surface area contributed by atoms with E-state index in [9.17, 15) is 16.8 Å². The van der Waals surface area contributed by atoms with Crippen LogP contribution >= 0.6 is 0 Å². The highest BCUT2D eigenvalue weighted by Crippen LogP contribution is 2.25. The molecule has 1 fully saturated rings. The molecule has 1 aromatic carbocycles. The molecular weight excluding hydrogens is 312 g/mol. The highest BCUT2D eigenvalue weighted by molar-refractivity contribution is 7.91. The van der Waals surface area contributed by atoms with Crippen LogP contribution in [0.2, 0.25) is 0 Å². The molecule has 116 valence electrons. The third-order valence-corrected chi connectivity index (χ3v) is 7.21. The normalized spacial score (nSPS) is 21.7. The standard InChI is InChI=1S/C13H18N2O4S2/c16-20(17)7-4-11(5-8-20)15-21(18,19)12-1-2-13-10(9-12)3-6-14-13/h1-2,9,11,14-15H,3-8H2. The highest BCUT2D eigenvalue weighted by atomic mass is 32.2. The van der Waals surface area contributed by atoms with Gasteiger partial charge in [0, 0.05) is 18.3 Å². The van der Waals surface area contributed by atoms with Crippen molar-refractivity contribution in [3.05, 3.63) is 23.8 Å². The summed E-state index contributed by atoms with van der Waals surface area (Å²) in [7, 11) is -6.58. The molecule has 0 unspecified atom stereocenters. The lowest BCUT2D eigenvalue weighted by atomic mass is 10.2. The maximum absolute atomic E-state index is 12.4. The van der Waals surface area contributed by atoms with Crippen LogP contribution in [-0.2, 0) is 26.3 Å². The maximum Gasteiger partial charge on any atom is 0.240 e. The van der Waals surface area contributed by atoms with E-state index in [0.717, 1.165) is 24.2 Å². The van der Waals surface area contributed by atoms with Crippen molar-refractivity contribution in [3.8, 4) is 0 Å². The Hall–Kier alpha value is -1.12. The zero-order chi connectivity index (χ0) is 15.1. The first-order chi connectivity index (χ1) is 9.86. The van der Waals surface area contributed by atoms with Gasteiger partial charge in [-0.3, -0.25) is 0 Å². The fourth-order valence-corrected chi connectivity index (χ4v) is 5.59. The fourth-order valence-electron chi connectivity index (χ4n) is 2.74. The van der Waals surface area contributed by atoms with Crippen molar-refractivity contribution in [2.45, 2.75) is 30.2 Å². The van der Waals surface area contributed by atoms with Gasteiger partial charge in [0.2, 0.25) is 10.0 Å². The van der Waals surface area contributed by atoms with Crippen molar-refractivity contribution in [3.63, 3.8) is 0 Å². The molecule has 1 aromatic rings. The van der Waals surface area contributed by atoms with Crippen LogP contribution in [0.5, 0.6) is 0 Å². The molecule has 0 bridgehead atoms. The summed E-state index contributed by atoms with van der Waals surface area (Å²) < 4.78 is 50.1. The van der Waals surface area contributed by atoms with Gasteiger partial charge < -0.3 is 5.32 Å². The lowest BCUT2D eigenvalue weighted by Crippen LogP contribution is -2.40. The fraction of sp³-hybridized carbons (Fsp3) is 0.538. The van der Waals surface area contributed by atoms with E-state index in [1.807, 2.05) is 0 Å². The maximum atomic E-state index is 12.4. The van der Waals surface area contributed by atoms with Crippen molar-refractivity contribution in [1.29, 1.82) is 0 Å². The Morgan fingerprint density at radius 3 is 2.62 bits per heavy atom. The van der Waals surface area contributed by atoms with Gasteiger partial charge in [0.15, 0.2) is 0 Å². The SMILES string of the molecule is O=S1(=O)CCC(NS(=O)(=O)c2ccc3c(c2)CCN3)CC1. The van der Waals surface area contributed by atoms with Crippen LogP contribution in [0.25, 0.3) is 0 Å².